The molecule has 2 rings (SSSR count). The van der Waals surface area contributed by atoms with Crippen LogP contribution in [0.1, 0.15) is 54.6 Å². The highest BCUT2D eigenvalue weighted by Crippen LogP contribution is 2.20. The van der Waals surface area contributed by atoms with Gasteiger partial charge in [-0.05, 0) is 50.7 Å². The summed E-state index contributed by atoms with van der Waals surface area (Å²) in [6, 6.07) is 2.41. The fourth-order valence-electron chi connectivity index (χ4n) is 2.48. The van der Waals surface area contributed by atoms with Crippen molar-refractivity contribution >= 4 is 0 Å². The van der Waals surface area contributed by atoms with Crippen LogP contribution in [0.4, 0.5) is 0 Å². The normalized spacial score (nSPS) is 17.5. The summed E-state index contributed by atoms with van der Waals surface area (Å²) in [6.45, 7) is 4.30. The highest BCUT2D eigenvalue weighted by molar-refractivity contribution is 5.30. The lowest BCUT2D eigenvalue weighted by atomic mass is 9.96. The molecule has 1 heterocycles. The van der Waals surface area contributed by atoms with Gasteiger partial charge in [-0.15, -0.1) is 0 Å². The van der Waals surface area contributed by atoms with Gasteiger partial charge in [-0.2, -0.15) is 0 Å². The standard InChI is InChI=1S/C14H21N/c1-11-13-8-6-4-3-5-7-9-14(10-13)12(2)15-11/h10H,3-9H2,1-2H3. The minimum Gasteiger partial charge on any atom is -0.258 e. The number of nitrogens with zero attached hydrogens (tertiary/aromatic N) is 1. The number of aryl methyl sites for hydroxylation is 4. The Morgan fingerprint density at radius 3 is 1.80 bits per heavy atom. The first-order chi connectivity index (χ1) is 7.27. The molecular weight excluding hydrogens is 182 g/mol. The third kappa shape index (κ3) is 2.58. The molecule has 0 spiro atoms. The van der Waals surface area contributed by atoms with Gasteiger partial charge in [0.05, 0.1) is 0 Å². The average molecular weight is 203 g/mol. The fourth-order valence-corrected chi connectivity index (χ4v) is 2.48. The molecule has 0 amide bonds. The Morgan fingerprint density at radius 2 is 1.27 bits per heavy atom. The third-order valence-electron chi connectivity index (χ3n) is 3.51. The van der Waals surface area contributed by atoms with Gasteiger partial charge in [-0.25, -0.2) is 0 Å². The third-order valence-corrected chi connectivity index (χ3v) is 3.51. The Hall–Kier alpha value is -0.850. The molecule has 0 aliphatic heterocycles. The lowest BCUT2D eigenvalue weighted by Crippen LogP contribution is -2.02. The van der Waals surface area contributed by atoms with Crippen LogP contribution in [0.25, 0.3) is 0 Å². The first-order valence-electron chi connectivity index (χ1n) is 6.23. The van der Waals surface area contributed by atoms with E-state index in [0.29, 0.717) is 0 Å². The van der Waals surface area contributed by atoms with E-state index in [9.17, 15) is 0 Å². The Labute approximate surface area is 92.9 Å². The number of hydrogen-bond donors (Lipinski definition) is 0. The summed E-state index contributed by atoms with van der Waals surface area (Å²) in [5.41, 5.74) is 5.46. The van der Waals surface area contributed by atoms with Crippen molar-refractivity contribution in [3.05, 3.63) is 28.6 Å². The minimum absolute atomic E-state index is 1.23. The minimum atomic E-state index is 1.23. The van der Waals surface area contributed by atoms with Crippen molar-refractivity contribution in [1.82, 2.24) is 4.98 Å². The van der Waals surface area contributed by atoms with E-state index in [0.717, 1.165) is 0 Å². The lowest BCUT2D eigenvalue weighted by Gasteiger charge is -2.13. The van der Waals surface area contributed by atoms with Crippen LogP contribution in [-0.4, -0.2) is 4.98 Å². The zero-order valence-corrected chi connectivity index (χ0v) is 9.97. The Balaban J connectivity index is 2.30. The number of rotatable bonds is 0. The summed E-state index contributed by atoms with van der Waals surface area (Å²) in [5, 5.41) is 0. The maximum Gasteiger partial charge on any atom is 0.0408 e. The highest BCUT2D eigenvalue weighted by Gasteiger charge is 2.07. The van der Waals surface area contributed by atoms with Crippen molar-refractivity contribution in [2.75, 3.05) is 0 Å². The van der Waals surface area contributed by atoms with Crippen molar-refractivity contribution in [2.24, 2.45) is 0 Å². The second-order valence-corrected chi connectivity index (χ2v) is 4.75. The zero-order chi connectivity index (χ0) is 10.7. The van der Waals surface area contributed by atoms with Crippen LogP contribution in [0.3, 0.4) is 0 Å². The molecule has 0 aromatic carbocycles. The molecular formula is C14H21N. The number of hydrogen-bond acceptors (Lipinski definition) is 1. The molecule has 0 N–H and O–H groups in total. The predicted octanol–water partition coefficient (Wildman–Crippen LogP) is 3.75. The summed E-state index contributed by atoms with van der Waals surface area (Å²) in [4.78, 5) is 4.67. The molecule has 0 saturated carbocycles. The smallest absolute Gasteiger partial charge is 0.0408 e. The molecule has 0 fully saturated rings. The van der Waals surface area contributed by atoms with Crippen molar-refractivity contribution in [1.29, 1.82) is 0 Å². The van der Waals surface area contributed by atoms with Crippen molar-refractivity contribution in [3.63, 3.8) is 0 Å². The van der Waals surface area contributed by atoms with Gasteiger partial charge in [0.1, 0.15) is 0 Å². The van der Waals surface area contributed by atoms with E-state index < -0.39 is 0 Å². The maximum atomic E-state index is 4.67. The molecule has 0 atom stereocenters. The van der Waals surface area contributed by atoms with E-state index in [2.05, 4.69) is 24.9 Å². The second kappa shape index (κ2) is 4.78. The van der Waals surface area contributed by atoms with Crippen LogP contribution in [0.5, 0.6) is 0 Å². The van der Waals surface area contributed by atoms with E-state index in [1.165, 1.54) is 67.5 Å². The van der Waals surface area contributed by atoms with Crippen LogP contribution in [0, 0.1) is 13.8 Å². The van der Waals surface area contributed by atoms with Gasteiger partial charge < -0.3 is 0 Å². The van der Waals surface area contributed by atoms with Gasteiger partial charge >= 0.3 is 0 Å². The molecule has 82 valence electrons. The molecule has 2 bridgehead atoms. The van der Waals surface area contributed by atoms with E-state index in [4.69, 9.17) is 0 Å². The molecule has 1 heteroatoms. The van der Waals surface area contributed by atoms with Crippen molar-refractivity contribution in [2.45, 2.75) is 58.8 Å². The Bertz CT molecular complexity index is 312. The summed E-state index contributed by atoms with van der Waals surface area (Å²) in [5.74, 6) is 0. The Morgan fingerprint density at radius 1 is 0.800 bits per heavy atom. The lowest BCUT2D eigenvalue weighted by molar-refractivity contribution is 0.603. The average Bonchev–Trinajstić information content (AvgIpc) is 2.23. The van der Waals surface area contributed by atoms with E-state index >= 15 is 0 Å². The molecule has 1 aliphatic rings. The van der Waals surface area contributed by atoms with Gasteiger partial charge in [0.2, 0.25) is 0 Å². The van der Waals surface area contributed by atoms with Gasteiger partial charge in [-0.3, -0.25) is 4.98 Å². The monoisotopic (exact) mass is 203 g/mol. The molecule has 1 aliphatic carbocycles. The number of fused-ring (bicyclic) bond motifs is 2. The summed E-state index contributed by atoms with van der Waals surface area (Å²) in [6.07, 6.45) is 9.33. The van der Waals surface area contributed by atoms with Gasteiger partial charge in [0.15, 0.2) is 0 Å². The highest BCUT2D eigenvalue weighted by atomic mass is 14.7. The first kappa shape index (κ1) is 10.7. The fraction of sp³-hybridized carbons (Fsp3) is 0.643. The van der Waals surface area contributed by atoms with Gasteiger partial charge in [0, 0.05) is 11.4 Å². The zero-order valence-electron chi connectivity index (χ0n) is 9.97. The van der Waals surface area contributed by atoms with Crippen LogP contribution in [0.2, 0.25) is 0 Å². The largest absolute Gasteiger partial charge is 0.258 e. The number of aromatic nitrogens is 1. The van der Waals surface area contributed by atoms with E-state index in [1.807, 2.05) is 0 Å². The SMILES string of the molecule is Cc1nc(C)c2cc1CCCCCCC2. The predicted molar refractivity (Wildman–Crippen MR) is 64.2 cm³/mol. The quantitative estimate of drug-likeness (QED) is 0.626. The number of pyridine rings is 1. The van der Waals surface area contributed by atoms with Crippen LogP contribution in [0.15, 0.2) is 6.07 Å². The van der Waals surface area contributed by atoms with Crippen molar-refractivity contribution < 1.29 is 0 Å². The molecule has 0 unspecified atom stereocenters. The summed E-state index contributed by atoms with van der Waals surface area (Å²) >= 11 is 0. The van der Waals surface area contributed by atoms with Gasteiger partial charge in [0.25, 0.3) is 0 Å². The summed E-state index contributed by atoms with van der Waals surface area (Å²) in [7, 11) is 0. The van der Waals surface area contributed by atoms with Crippen molar-refractivity contribution in [3.8, 4) is 0 Å². The van der Waals surface area contributed by atoms with Crippen LogP contribution in [-0.2, 0) is 12.8 Å². The van der Waals surface area contributed by atoms with Crippen LogP contribution < -0.4 is 0 Å². The molecule has 0 radical (unpaired) electrons. The van der Waals surface area contributed by atoms with E-state index in [1.54, 1.807) is 0 Å². The Kier molecular flexibility index (Phi) is 3.40. The molecule has 1 aromatic heterocycles. The molecule has 0 saturated heterocycles. The maximum absolute atomic E-state index is 4.67. The molecule has 1 aromatic rings. The first-order valence-corrected chi connectivity index (χ1v) is 6.23. The van der Waals surface area contributed by atoms with E-state index in [-0.39, 0.29) is 0 Å². The summed E-state index contributed by atoms with van der Waals surface area (Å²) < 4.78 is 0. The van der Waals surface area contributed by atoms with Gasteiger partial charge in [-0.1, -0.05) is 25.3 Å². The van der Waals surface area contributed by atoms with Crippen LogP contribution >= 0.6 is 0 Å². The molecule has 1 nitrogen and oxygen atoms in total. The second-order valence-electron chi connectivity index (χ2n) is 4.75. The molecule has 15 heavy (non-hydrogen) atoms. The topological polar surface area (TPSA) is 12.9 Å².